The van der Waals surface area contributed by atoms with E-state index >= 15 is 0 Å². The number of hydrogen-bond donors (Lipinski definition) is 0. The molecule has 0 bridgehead atoms. The van der Waals surface area contributed by atoms with Crippen molar-refractivity contribution in [1.82, 2.24) is 34.3 Å². The third-order valence-corrected chi connectivity index (χ3v) is 5.12. The molecule has 1 aromatic carbocycles. The van der Waals surface area contributed by atoms with Gasteiger partial charge in [-0.3, -0.25) is 4.98 Å². The number of aromatic nitrogens is 7. The highest BCUT2D eigenvalue weighted by molar-refractivity contribution is 5.66. The minimum absolute atomic E-state index is 0.620. The van der Waals surface area contributed by atoms with Crippen LogP contribution in [0.25, 0.3) is 23.5 Å². The molecular formula is C21H22N8. The molecule has 3 aromatic heterocycles. The molecule has 0 N–H and O–H groups in total. The lowest BCUT2D eigenvalue weighted by molar-refractivity contribution is 0.838. The molecule has 0 aliphatic carbocycles. The van der Waals surface area contributed by atoms with Crippen LogP contribution < -0.4 is 4.90 Å². The number of anilines is 1. The number of rotatable bonds is 4. The number of aryl methyl sites for hydroxylation is 2. The number of fused-ring (bicyclic) bond motifs is 1. The van der Waals surface area contributed by atoms with Gasteiger partial charge in [0.25, 0.3) is 0 Å². The van der Waals surface area contributed by atoms with Crippen LogP contribution in [0, 0.1) is 13.8 Å². The zero-order valence-electron chi connectivity index (χ0n) is 16.5. The molecule has 0 saturated carbocycles. The van der Waals surface area contributed by atoms with Crippen LogP contribution in [0.3, 0.4) is 0 Å². The van der Waals surface area contributed by atoms with Crippen LogP contribution >= 0.6 is 0 Å². The average molecular weight is 386 g/mol. The Morgan fingerprint density at radius 1 is 0.931 bits per heavy atom. The molecular weight excluding hydrogens is 364 g/mol. The lowest BCUT2D eigenvalue weighted by Crippen LogP contribution is -2.19. The molecule has 0 spiro atoms. The van der Waals surface area contributed by atoms with E-state index in [9.17, 15) is 0 Å². The molecule has 1 fully saturated rings. The quantitative estimate of drug-likeness (QED) is 0.536. The molecule has 0 radical (unpaired) electrons. The first-order chi connectivity index (χ1) is 14.2. The van der Waals surface area contributed by atoms with Crippen LogP contribution in [0.1, 0.15) is 35.9 Å². The van der Waals surface area contributed by atoms with E-state index < -0.39 is 0 Å². The summed E-state index contributed by atoms with van der Waals surface area (Å²) >= 11 is 0. The van der Waals surface area contributed by atoms with Crippen molar-refractivity contribution in [3.8, 4) is 5.69 Å². The van der Waals surface area contributed by atoms with Gasteiger partial charge in [0, 0.05) is 19.3 Å². The minimum atomic E-state index is 0.620. The Morgan fingerprint density at radius 3 is 2.48 bits per heavy atom. The highest BCUT2D eigenvalue weighted by atomic mass is 15.4. The van der Waals surface area contributed by atoms with Crippen molar-refractivity contribution in [3.05, 3.63) is 59.6 Å². The highest BCUT2D eigenvalue weighted by Crippen LogP contribution is 2.20. The third-order valence-electron chi connectivity index (χ3n) is 5.12. The molecule has 1 aliphatic heterocycles. The number of hydrogen-bond acceptors (Lipinski definition) is 6. The van der Waals surface area contributed by atoms with Gasteiger partial charge in [0.2, 0.25) is 5.95 Å². The van der Waals surface area contributed by atoms with E-state index in [-0.39, 0.29) is 0 Å². The summed E-state index contributed by atoms with van der Waals surface area (Å²) in [7, 11) is 0. The van der Waals surface area contributed by atoms with E-state index in [0.717, 1.165) is 47.6 Å². The SMILES string of the molecule is Cc1ncc(C)n2nc(C=Cc3nc(N4CCCC4)nn3-c3ccccc3)nc12. The van der Waals surface area contributed by atoms with Gasteiger partial charge in [-0.15, -0.1) is 10.2 Å². The van der Waals surface area contributed by atoms with Gasteiger partial charge in [-0.2, -0.15) is 4.98 Å². The van der Waals surface area contributed by atoms with Gasteiger partial charge >= 0.3 is 0 Å². The molecule has 146 valence electrons. The van der Waals surface area contributed by atoms with Crippen LogP contribution in [-0.2, 0) is 0 Å². The molecule has 1 aliphatic rings. The van der Waals surface area contributed by atoms with Crippen molar-refractivity contribution in [2.24, 2.45) is 0 Å². The fraction of sp³-hybridized carbons (Fsp3) is 0.286. The van der Waals surface area contributed by atoms with Crippen LogP contribution in [0.4, 0.5) is 5.95 Å². The van der Waals surface area contributed by atoms with Gasteiger partial charge in [0.05, 0.1) is 17.1 Å². The Kier molecular flexibility index (Phi) is 4.31. The van der Waals surface area contributed by atoms with Crippen molar-refractivity contribution in [2.75, 3.05) is 18.0 Å². The van der Waals surface area contributed by atoms with Gasteiger partial charge in [-0.25, -0.2) is 14.2 Å². The van der Waals surface area contributed by atoms with Crippen molar-refractivity contribution in [1.29, 1.82) is 0 Å². The Hall–Kier alpha value is -3.55. The number of para-hydroxylation sites is 1. The van der Waals surface area contributed by atoms with Crippen molar-refractivity contribution in [2.45, 2.75) is 26.7 Å². The normalized spacial score (nSPS) is 14.5. The predicted octanol–water partition coefficient (Wildman–Crippen LogP) is 3.09. The largest absolute Gasteiger partial charge is 0.340 e. The van der Waals surface area contributed by atoms with E-state index in [1.54, 1.807) is 6.20 Å². The Labute approximate surface area is 168 Å². The Balaban J connectivity index is 1.54. The van der Waals surface area contributed by atoms with E-state index in [1.165, 1.54) is 12.8 Å². The van der Waals surface area contributed by atoms with Crippen molar-refractivity contribution >= 4 is 23.7 Å². The first kappa shape index (κ1) is 17.5. The monoisotopic (exact) mass is 386 g/mol. The molecule has 0 unspecified atom stereocenters. The minimum Gasteiger partial charge on any atom is -0.340 e. The molecule has 4 heterocycles. The first-order valence-electron chi connectivity index (χ1n) is 9.83. The number of benzene rings is 1. The van der Waals surface area contributed by atoms with E-state index in [0.29, 0.717) is 5.82 Å². The van der Waals surface area contributed by atoms with Crippen LogP contribution in [0.15, 0.2) is 36.5 Å². The van der Waals surface area contributed by atoms with Gasteiger partial charge < -0.3 is 4.90 Å². The Morgan fingerprint density at radius 2 is 1.72 bits per heavy atom. The van der Waals surface area contributed by atoms with Crippen molar-refractivity contribution in [3.63, 3.8) is 0 Å². The summed E-state index contributed by atoms with van der Waals surface area (Å²) in [6.45, 7) is 5.91. The molecule has 0 amide bonds. The summed E-state index contributed by atoms with van der Waals surface area (Å²) in [4.78, 5) is 16.0. The summed E-state index contributed by atoms with van der Waals surface area (Å²) in [5, 5.41) is 9.36. The fourth-order valence-corrected chi connectivity index (χ4v) is 3.56. The van der Waals surface area contributed by atoms with Gasteiger partial charge in [0.1, 0.15) is 0 Å². The van der Waals surface area contributed by atoms with E-state index in [2.05, 4.69) is 20.0 Å². The average Bonchev–Trinajstić information content (AvgIpc) is 3.49. The molecule has 5 rings (SSSR count). The van der Waals surface area contributed by atoms with E-state index in [1.807, 2.05) is 65.5 Å². The lowest BCUT2D eigenvalue weighted by Gasteiger charge is -2.10. The summed E-state index contributed by atoms with van der Waals surface area (Å²) < 4.78 is 3.69. The fourth-order valence-electron chi connectivity index (χ4n) is 3.56. The number of nitrogens with zero attached hydrogens (tertiary/aromatic N) is 8. The van der Waals surface area contributed by atoms with Crippen LogP contribution in [0.5, 0.6) is 0 Å². The zero-order chi connectivity index (χ0) is 19.8. The lowest BCUT2D eigenvalue weighted by atomic mass is 10.3. The molecule has 0 atom stereocenters. The van der Waals surface area contributed by atoms with Gasteiger partial charge in [-0.05, 0) is 51.0 Å². The van der Waals surface area contributed by atoms with Crippen molar-refractivity contribution < 1.29 is 0 Å². The second kappa shape index (κ2) is 7.12. The maximum atomic E-state index is 4.79. The van der Waals surface area contributed by atoms with Gasteiger partial charge in [0.15, 0.2) is 17.3 Å². The molecule has 4 aromatic rings. The Bertz CT molecular complexity index is 1140. The molecule has 8 heteroatoms. The smallest absolute Gasteiger partial charge is 0.245 e. The van der Waals surface area contributed by atoms with Gasteiger partial charge in [-0.1, -0.05) is 18.2 Å². The third kappa shape index (κ3) is 3.26. The predicted molar refractivity (Wildman–Crippen MR) is 112 cm³/mol. The van der Waals surface area contributed by atoms with E-state index in [4.69, 9.17) is 10.1 Å². The summed E-state index contributed by atoms with van der Waals surface area (Å²) in [5.41, 5.74) is 3.55. The summed E-state index contributed by atoms with van der Waals surface area (Å²) in [6.07, 6.45) is 7.97. The van der Waals surface area contributed by atoms with Crippen LogP contribution in [-0.4, -0.2) is 47.4 Å². The summed E-state index contributed by atoms with van der Waals surface area (Å²) in [6, 6.07) is 10.1. The van der Waals surface area contributed by atoms with Crippen LogP contribution in [0.2, 0.25) is 0 Å². The second-order valence-corrected chi connectivity index (χ2v) is 7.24. The highest BCUT2D eigenvalue weighted by Gasteiger charge is 2.19. The second-order valence-electron chi connectivity index (χ2n) is 7.24. The molecule has 1 saturated heterocycles. The maximum Gasteiger partial charge on any atom is 0.245 e. The first-order valence-corrected chi connectivity index (χ1v) is 9.83. The topological polar surface area (TPSA) is 77.0 Å². The molecule has 29 heavy (non-hydrogen) atoms. The standard InChI is InChI=1S/C21H22N8/c1-15-14-22-16(2)20-23-18(25-28(15)20)10-11-19-24-21(27-12-6-7-13-27)26-29(19)17-8-4-3-5-9-17/h3-5,8-11,14H,6-7,12-13H2,1-2H3. The maximum absolute atomic E-state index is 4.79. The molecule has 8 nitrogen and oxygen atoms in total. The zero-order valence-corrected chi connectivity index (χ0v) is 16.5. The summed E-state index contributed by atoms with van der Waals surface area (Å²) in [5.74, 6) is 2.14.